The van der Waals surface area contributed by atoms with Gasteiger partial charge in [0.15, 0.2) is 0 Å². The van der Waals surface area contributed by atoms with Crippen molar-refractivity contribution in [3.63, 3.8) is 0 Å². The first-order valence-corrected chi connectivity index (χ1v) is 14.3. The fraction of sp³-hybridized carbons (Fsp3) is 0.250. The minimum atomic E-state index is -0.427. The lowest BCUT2D eigenvalue weighted by atomic mass is 9.97. The quantitative estimate of drug-likeness (QED) is 0.0648. The molecular weight excluding hydrogens is 528 g/mol. The average molecular weight is 563 g/mol. The van der Waals surface area contributed by atoms with Gasteiger partial charge in [0.25, 0.3) is 5.69 Å². The fourth-order valence-corrected chi connectivity index (χ4v) is 4.76. The predicted octanol–water partition coefficient (Wildman–Crippen LogP) is 7.68. The Hall–Kier alpha value is -5.12. The molecule has 0 amide bonds. The largest absolute Gasteiger partial charge is 0.341 e. The van der Waals surface area contributed by atoms with Crippen molar-refractivity contribution < 1.29 is 4.92 Å². The van der Waals surface area contributed by atoms with Crippen LogP contribution in [0.1, 0.15) is 45.1 Å². The van der Waals surface area contributed by atoms with Crippen LogP contribution in [0.3, 0.4) is 0 Å². The molecule has 0 aliphatic rings. The van der Waals surface area contributed by atoms with Crippen LogP contribution in [0.25, 0.3) is 21.5 Å². The molecule has 0 bridgehead atoms. The second-order valence-electron chi connectivity index (χ2n) is 10.0. The van der Waals surface area contributed by atoms with Gasteiger partial charge in [-0.2, -0.15) is 20.1 Å². The molecule has 1 heterocycles. The number of rotatable bonds is 13. The summed E-state index contributed by atoms with van der Waals surface area (Å²) in [4.78, 5) is 26.8. The molecule has 0 fully saturated rings. The van der Waals surface area contributed by atoms with Crippen LogP contribution in [-0.4, -0.2) is 39.2 Å². The summed E-state index contributed by atoms with van der Waals surface area (Å²) in [7, 11) is 0. The minimum Gasteiger partial charge on any atom is -0.341 e. The summed E-state index contributed by atoms with van der Waals surface area (Å²) in [5.41, 5.74) is 4.68. The summed E-state index contributed by atoms with van der Waals surface area (Å²) < 4.78 is 0. The molecule has 2 N–H and O–H groups in total. The standard InChI is InChI=1S/C32H34N8O2/c1-3-5-19-39(20-6-4-2)32-36-30(34-25-15-17-26(18-16-25)40(41)42)35-31(37-32)38-33-22-29-27-13-9-7-11-23(27)21-24-12-8-10-14-28(24)29/h7-18,21-22H,3-6,19-20H2,1-2H3,(H2,34,35,36,37,38)/b33-22-. The van der Waals surface area contributed by atoms with E-state index >= 15 is 0 Å². The van der Waals surface area contributed by atoms with Crippen LogP contribution in [0, 0.1) is 10.1 Å². The van der Waals surface area contributed by atoms with Gasteiger partial charge < -0.3 is 10.2 Å². The molecule has 4 aromatic carbocycles. The molecule has 5 aromatic rings. The molecule has 0 unspecified atom stereocenters. The number of nitrogens with one attached hydrogen (secondary N) is 2. The normalized spacial score (nSPS) is 11.3. The molecule has 0 radical (unpaired) electrons. The SMILES string of the molecule is CCCCN(CCCC)c1nc(N/N=C\c2c3ccccc3cc3ccccc23)nc(Nc2ccc([N+](=O)[O-])cc2)n1. The van der Waals surface area contributed by atoms with Crippen molar-refractivity contribution >= 4 is 57.0 Å². The minimum absolute atomic E-state index is 0.0137. The molecule has 0 aliphatic heterocycles. The van der Waals surface area contributed by atoms with Gasteiger partial charge in [0, 0.05) is 36.5 Å². The van der Waals surface area contributed by atoms with Crippen LogP contribution in [-0.2, 0) is 0 Å². The summed E-state index contributed by atoms with van der Waals surface area (Å²) in [6.45, 7) is 5.96. The van der Waals surface area contributed by atoms with Crippen LogP contribution in [0.4, 0.5) is 29.2 Å². The highest BCUT2D eigenvalue weighted by atomic mass is 16.6. The highest BCUT2D eigenvalue weighted by molar-refractivity contribution is 6.13. The third-order valence-electron chi connectivity index (χ3n) is 6.98. The Morgan fingerprint density at radius 2 is 1.43 bits per heavy atom. The number of nitro benzene ring substituents is 1. The Kier molecular flexibility index (Phi) is 9.13. The van der Waals surface area contributed by atoms with Gasteiger partial charge in [0.2, 0.25) is 17.8 Å². The van der Waals surface area contributed by atoms with E-state index in [0.29, 0.717) is 23.5 Å². The number of hydrogen-bond donors (Lipinski definition) is 2. The van der Waals surface area contributed by atoms with Crippen LogP contribution in [0.5, 0.6) is 0 Å². The van der Waals surface area contributed by atoms with Gasteiger partial charge in [-0.25, -0.2) is 5.43 Å². The Morgan fingerprint density at radius 3 is 2.02 bits per heavy atom. The lowest BCUT2D eigenvalue weighted by Crippen LogP contribution is -2.28. The Balaban J connectivity index is 1.49. The van der Waals surface area contributed by atoms with E-state index in [4.69, 9.17) is 9.97 Å². The Bertz CT molecular complexity index is 1640. The Labute approximate surface area is 244 Å². The molecule has 10 heteroatoms. The number of fused-ring (bicyclic) bond motifs is 2. The average Bonchev–Trinajstić information content (AvgIpc) is 3.01. The van der Waals surface area contributed by atoms with Gasteiger partial charge in [-0.1, -0.05) is 75.2 Å². The zero-order valence-corrected chi connectivity index (χ0v) is 23.8. The lowest BCUT2D eigenvalue weighted by Gasteiger charge is -2.23. The first-order chi connectivity index (χ1) is 20.6. The molecule has 5 rings (SSSR count). The second kappa shape index (κ2) is 13.5. The number of nitrogens with zero attached hydrogens (tertiary/aromatic N) is 6. The second-order valence-corrected chi connectivity index (χ2v) is 10.0. The van der Waals surface area contributed by atoms with Crippen molar-refractivity contribution in [2.24, 2.45) is 5.10 Å². The number of non-ortho nitro benzene ring substituents is 1. The summed E-state index contributed by atoms with van der Waals surface area (Å²) in [5.74, 6) is 1.16. The van der Waals surface area contributed by atoms with E-state index in [1.807, 2.05) is 30.5 Å². The van der Waals surface area contributed by atoms with Crippen molar-refractivity contribution in [1.29, 1.82) is 0 Å². The zero-order chi connectivity index (χ0) is 29.3. The third kappa shape index (κ3) is 6.77. The van der Waals surface area contributed by atoms with Gasteiger partial charge in [-0.15, -0.1) is 0 Å². The highest BCUT2D eigenvalue weighted by Gasteiger charge is 2.14. The van der Waals surface area contributed by atoms with E-state index < -0.39 is 4.92 Å². The summed E-state index contributed by atoms with van der Waals surface area (Å²) in [5, 5.41) is 23.3. The first-order valence-electron chi connectivity index (χ1n) is 14.3. The van der Waals surface area contributed by atoms with E-state index in [1.165, 1.54) is 12.1 Å². The third-order valence-corrected chi connectivity index (χ3v) is 6.98. The molecule has 1 aromatic heterocycles. The smallest absolute Gasteiger partial charge is 0.269 e. The number of hydrogen-bond acceptors (Lipinski definition) is 9. The maximum absolute atomic E-state index is 11.1. The summed E-state index contributed by atoms with van der Waals surface area (Å²) in [6.07, 6.45) is 5.93. The summed E-state index contributed by atoms with van der Waals surface area (Å²) >= 11 is 0. The van der Waals surface area contributed by atoms with E-state index in [0.717, 1.165) is 65.9 Å². The van der Waals surface area contributed by atoms with Crippen molar-refractivity contribution in [2.45, 2.75) is 39.5 Å². The molecule has 10 nitrogen and oxygen atoms in total. The predicted molar refractivity (Wildman–Crippen MR) is 171 cm³/mol. The number of aromatic nitrogens is 3. The monoisotopic (exact) mass is 562 g/mol. The van der Waals surface area contributed by atoms with Gasteiger partial charge in [-0.05, 0) is 52.6 Å². The van der Waals surface area contributed by atoms with Crippen molar-refractivity contribution in [2.75, 3.05) is 28.7 Å². The number of unbranched alkanes of at least 4 members (excludes halogenated alkanes) is 2. The highest BCUT2D eigenvalue weighted by Crippen LogP contribution is 2.27. The molecule has 42 heavy (non-hydrogen) atoms. The Morgan fingerprint density at radius 1 is 0.833 bits per heavy atom. The van der Waals surface area contributed by atoms with Crippen molar-refractivity contribution in [1.82, 2.24) is 15.0 Å². The number of anilines is 4. The fourth-order valence-electron chi connectivity index (χ4n) is 4.76. The van der Waals surface area contributed by atoms with Crippen LogP contribution < -0.4 is 15.6 Å². The maximum Gasteiger partial charge on any atom is 0.269 e. The molecule has 0 atom stereocenters. The number of benzene rings is 4. The van der Waals surface area contributed by atoms with Crippen LogP contribution in [0.2, 0.25) is 0 Å². The molecule has 0 aliphatic carbocycles. The van der Waals surface area contributed by atoms with E-state index in [1.54, 1.807) is 12.1 Å². The van der Waals surface area contributed by atoms with Crippen molar-refractivity contribution in [3.8, 4) is 0 Å². The number of nitro groups is 1. The summed E-state index contributed by atoms with van der Waals surface area (Å²) in [6, 6.07) is 24.8. The molecule has 0 spiro atoms. The van der Waals surface area contributed by atoms with Gasteiger partial charge >= 0.3 is 0 Å². The van der Waals surface area contributed by atoms with Gasteiger partial charge in [0.05, 0.1) is 11.1 Å². The van der Waals surface area contributed by atoms with Gasteiger partial charge in [0.1, 0.15) is 0 Å². The molecule has 0 saturated heterocycles. The van der Waals surface area contributed by atoms with Gasteiger partial charge in [-0.3, -0.25) is 10.1 Å². The lowest BCUT2D eigenvalue weighted by molar-refractivity contribution is -0.384. The molecular formula is C32H34N8O2. The maximum atomic E-state index is 11.1. The van der Waals surface area contributed by atoms with E-state index in [-0.39, 0.29) is 5.69 Å². The topological polar surface area (TPSA) is 121 Å². The van der Waals surface area contributed by atoms with Crippen molar-refractivity contribution in [3.05, 3.63) is 94.5 Å². The van der Waals surface area contributed by atoms with Crippen LogP contribution in [0.15, 0.2) is 84.0 Å². The number of hydrazone groups is 1. The van der Waals surface area contributed by atoms with Crippen LogP contribution >= 0.6 is 0 Å². The zero-order valence-electron chi connectivity index (χ0n) is 23.8. The first kappa shape index (κ1) is 28.4. The molecule has 214 valence electrons. The van der Waals surface area contributed by atoms with E-state index in [9.17, 15) is 10.1 Å². The van der Waals surface area contributed by atoms with E-state index in [2.05, 4.69) is 69.9 Å². The molecule has 0 saturated carbocycles.